The molecule has 1 unspecified atom stereocenters. The Morgan fingerprint density at radius 3 is 2.35 bits per heavy atom. The van der Waals surface area contributed by atoms with Crippen molar-refractivity contribution in [1.82, 2.24) is 14.5 Å². The van der Waals surface area contributed by atoms with Gasteiger partial charge in [0.05, 0.1) is 17.5 Å². The van der Waals surface area contributed by atoms with Crippen molar-refractivity contribution < 1.29 is 8.42 Å². The fraction of sp³-hybridized carbons (Fsp3) is 0.750. The zero-order chi connectivity index (χ0) is 17.2. The Morgan fingerprint density at radius 1 is 1.26 bits per heavy atom. The number of aryl methyl sites for hydroxylation is 1. The van der Waals surface area contributed by atoms with Crippen molar-refractivity contribution >= 4 is 10.0 Å². The first-order valence-electron chi connectivity index (χ1n) is 8.25. The largest absolute Gasteiger partial charge is 0.266 e. The lowest BCUT2D eigenvalue weighted by Gasteiger charge is -2.26. The summed E-state index contributed by atoms with van der Waals surface area (Å²) in [4.78, 5) is 0.210. The molecule has 0 bridgehead atoms. The van der Waals surface area contributed by atoms with Gasteiger partial charge in [-0.25, -0.2) is 8.42 Å². The molecule has 0 saturated heterocycles. The van der Waals surface area contributed by atoms with Crippen molar-refractivity contribution in [3.63, 3.8) is 0 Å². The van der Waals surface area contributed by atoms with Crippen molar-refractivity contribution in [2.75, 3.05) is 0 Å². The molecule has 1 fully saturated rings. The molecule has 1 aliphatic carbocycles. The normalized spacial score (nSPS) is 18.1. The van der Waals surface area contributed by atoms with Crippen LogP contribution in [0.15, 0.2) is 4.90 Å². The third-order valence-corrected chi connectivity index (χ3v) is 6.25. The lowest BCUT2D eigenvalue weighted by molar-refractivity contribution is 0.324. The number of hydrogen-bond donors (Lipinski definition) is 1. The van der Waals surface area contributed by atoms with Gasteiger partial charge in [-0.3, -0.25) is 4.68 Å². The molecule has 1 heterocycles. The van der Waals surface area contributed by atoms with E-state index >= 15 is 0 Å². The second-order valence-electron chi connectivity index (χ2n) is 6.66. The summed E-state index contributed by atoms with van der Waals surface area (Å²) >= 11 is 0. The Balaban J connectivity index is 2.29. The van der Waals surface area contributed by atoms with Gasteiger partial charge in [-0.05, 0) is 46.5 Å². The van der Waals surface area contributed by atoms with E-state index in [0.717, 1.165) is 25.7 Å². The Hall–Kier alpha value is -1.39. The van der Waals surface area contributed by atoms with E-state index in [4.69, 9.17) is 0 Å². The maximum absolute atomic E-state index is 12.8. The third-order valence-electron chi connectivity index (χ3n) is 4.56. The molecule has 0 radical (unpaired) electrons. The zero-order valence-electron chi connectivity index (χ0n) is 14.3. The molecule has 6 nitrogen and oxygen atoms in total. The number of nitrogens with zero attached hydrogens (tertiary/aromatic N) is 3. The number of rotatable bonds is 5. The molecule has 0 spiro atoms. The number of nitriles is 1. The molecule has 1 N–H and O–H groups in total. The molecule has 7 heteroatoms. The van der Waals surface area contributed by atoms with Crippen LogP contribution in [0.1, 0.15) is 63.4 Å². The zero-order valence-corrected chi connectivity index (χ0v) is 15.2. The average molecular weight is 338 g/mol. The van der Waals surface area contributed by atoms with E-state index in [0.29, 0.717) is 11.4 Å². The Kier molecular flexibility index (Phi) is 5.48. The van der Waals surface area contributed by atoms with Crippen molar-refractivity contribution in [3.8, 4) is 6.07 Å². The van der Waals surface area contributed by atoms with Gasteiger partial charge >= 0.3 is 0 Å². The monoisotopic (exact) mass is 338 g/mol. The second-order valence-corrected chi connectivity index (χ2v) is 8.32. The Morgan fingerprint density at radius 2 is 1.87 bits per heavy atom. The number of sulfonamides is 1. The summed E-state index contributed by atoms with van der Waals surface area (Å²) in [6, 6.07) is 1.57. The van der Waals surface area contributed by atoms with E-state index in [1.807, 2.05) is 13.8 Å². The van der Waals surface area contributed by atoms with Crippen molar-refractivity contribution in [2.24, 2.45) is 5.92 Å². The molecule has 23 heavy (non-hydrogen) atoms. The van der Waals surface area contributed by atoms with Gasteiger partial charge in [0.15, 0.2) is 0 Å². The number of nitrogens with one attached hydrogen (secondary N) is 1. The summed E-state index contributed by atoms with van der Waals surface area (Å²) in [7, 11) is -3.75. The molecular formula is C16H26N4O2S. The number of aromatic nitrogens is 2. The quantitative estimate of drug-likeness (QED) is 0.894. The van der Waals surface area contributed by atoms with Crippen LogP contribution in [0.2, 0.25) is 0 Å². The van der Waals surface area contributed by atoms with Gasteiger partial charge in [-0.15, -0.1) is 0 Å². The van der Waals surface area contributed by atoms with E-state index in [-0.39, 0.29) is 16.9 Å². The summed E-state index contributed by atoms with van der Waals surface area (Å²) in [6.45, 7) is 7.38. The summed E-state index contributed by atoms with van der Waals surface area (Å²) in [5, 5.41) is 13.8. The predicted molar refractivity (Wildman–Crippen MR) is 88.4 cm³/mol. The van der Waals surface area contributed by atoms with Crippen LogP contribution < -0.4 is 4.72 Å². The summed E-state index contributed by atoms with van der Waals surface area (Å²) < 4.78 is 29.9. The topological polar surface area (TPSA) is 87.8 Å². The minimum Gasteiger partial charge on any atom is -0.266 e. The van der Waals surface area contributed by atoms with Crippen LogP contribution in [0.5, 0.6) is 0 Å². The summed E-state index contributed by atoms with van der Waals surface area (Å²) in [5.41, 5.74) is 1.09. The van der Waals surface area contributed by atoms with Crippen LogP contribution in [0.25, 0.3) is 0 Å². The molecular weight excluding hydrogens is 312 g/mol. The van der Waals surface area contributed by atoms with Crippen LogP contribution in [-0.2, 0) is 10.0 Å². The summed E-state index contributed by atoms with van der Waals surface area (Å²) in [5.74, 6) is 0.101. The first kappa shape index (κ1) is 18.0. The molecule has 1 aromatic rings. The van der Waals surface area contributed by atoms with E-state index in [1.54, 1.807) is 18.5 Å². The average Bonchev–Trinajstić information content (AvgIpc) is 2.81. The van der Waals surface area contributed by atoms with Gasteiger partial charge in [-0.2, -0.15) is 15.1 Å². The molecule has 1 atom stereocenters. The number of hydrogen-bond acceptors (Lipinski definition) is 4. The van der Waals surface area contributed by atoms with E-state index < -0.39 is 16.1 Å². The molecule has 0 aromatic carbocycles. The van der Waals surface area contributed by atoms with E-state index in [2.05, 4.69) is 15.9 Å². The van der Waals surface area contributed by atoms with Crippen molar-refractivity contribution in [2.45, 2.75) is 76.8 Å². The van der Waals surface area contributed by atoms with Crippen molar-refractivity contribution in [3.05, 3.63) is 11.4 Å². The van der Waals surface area contributed by atoms with Gasteiger partial charge in [0.2, 0.25) is 10.0 Å². The molecule has 0 aliphatic heterocycles. The minimum atomic E-state index is -3.75. The first-order chi connectivity index (χ1) is 10.8. The highest BCUT2D eigenvalue weighted by Crippen LogP contribution is 2.28. The standard InChI is InChI=1S/C16H26N4O2S/c1-11(2)20-13(4)16(12(3)18-20)23(21,22)19-15(10-17)14-8-6-5-7-9-14/h11,14-15,19H,5-9H2,1-4H3. The fourth-order valence-corrected chi connectivity index (χ4v) is 5.07. The van der Waals surface area contributed by atoms with Gasteiger partial charge in [-0.1, -0.05) is 19.3 Å². The molecule has 0 amide bonds. The fourth-order valence-electron chi connectivity index (χ4n) is 3.46. The summed E-state index contributed by atoms with van der Waals surface area (Å²) in [6.07, 6.45) is 5.11. The molecule has 1 aromatic heterocycles. The SMILES string of the molecule is Cc1nn(C(C)C)c(C)c1S(=O)(=O)NC(C#N)C1CCCCC1. The van der Waals surface area contributed by atoms with Gasteiger partial charge in [0.1, 0.15) is 10.9 Å². The van der Waals surface area contributed by atoms with Crippen LogP contribution >= 0.6 is 0 Å². The maximum Gasteiger partial charge on any atom is 0.245 e. The molecule has 128 valence electrons. The van der Waals surface area contributed by atoms with Crippen LogP contribution in [0, 0.1) is 31.1 Å². The van der Waals surface area contributed by atoms with Gasteiger partial charge in [0, 0.05) is 6.04 Å². The van der Waals surface area contributed by atoms with Crippen molar-refractivity contribution in [1.29, 1.82) is 5.26 Å². The Bertz CT molecular complexity index is 694. The first-order valence-corrected chi connectivity index (χ1v) is 9.74. The van der Waals surface area contributed by atoms with Crippen LogP contribution in [0.4, 0.5) is 0 Å². The molecule has 1 aliphatic rings. The van der Waals surface area contributed by atoms with E-state index in [9.17, 15) is 13.7 Å². The second kappa shape index (κ2) is 7.02. The van der Waals surface area contributed by atoms with Gasteiger partial charge < -0.3 is 0 Å². The van der Waals surface area contributed by atoms with E-state index in [1.165, 1.54) is 6.42 Å². The lowest BCUT2D eigenvalue weighted by atomic mass is 9.85. The predicted octanol–water partition coefficient (Wildman–Crippen LogP) is 2.83. The van der Waals surface area contributed by atoms with Crippen LogP contribution in [0.3, 0.4) is 0 Å². The lowest BCUT2D eigenvalue weighted by Crippen LogP contribution is -2.40. The highest BCUT2D eigenvalue weighted by Gasteiger charge is 2.31. The third kappa shape index (κ3) is 3.75. The molecule has 1 saturated carbocycles. The highest BCUT2D eigenvalue weighted by molar-refractivity contribution is 7.89. The maximum atomic E-state index is 12.8. The minimum absolute atomic E-state index is 0.0859. The Labute approximate surface area is 138 Å². The van der Waals surface area contributed by atoms with Crippen LogP contribution in [-0.4, -0.2) is 24.2 Å². The molecule has 2 rings (SSSR count). The van der Waals surface area contributed by atoms with Gasteiger partial charge in [0.25, 0.3) is 0 Å². The highest BCUT2D eigenvalue weighted by atomic mass is 32.2. The smallest absolute Gasteiger partial charge is 0.245 e.